The van der Waals surface area contributed by atoms with Crippen LogP contribution in [0.1, 0.15) is 0 Å². The average molecular weight is 180 g/mol. The third-order valence-electron chi connectivity index (χ3n) is 0.976. The van der Waals surface area contributed by atoms with Crippen molar-refractivity contribution in [3.63, 3.8) is 0 Å². The van der Waals surface area contributed by atoms with Gasteiger partial charge in [-0.25, -0.2) is 24.1 Å². The largest absolute Gasteiger partial charge is 0.418 e. The molecule has 7 nitrogen and oxygen atoms in total. The van der Waals surface area contributed by atoms with E-state index in [0.29, 0.717) is 10.5 Å². The number of carbonyl (C=O) groups is 1. The van der Waals surface area contributed by atoms with E-state index < -0.39 is 6.03 Å². The minimum Gasteiger partial charge on any atom is -0.248 e. The van der Waals surface area contributed by atoms with Gasteiger partial charge in [-0.2, -0.15) is 0 Å². The van der Waals surface area contributed by atoms with Crippen LogP contribution in [0.15, 0.2) is 0 Å². The van der Waals surface area contributed by atoms with Crippen molar-refractivity contribution in [1.29, 1.82) is 0 Å². The second-order valence-electron chi connectivity index (χ2n) is 1.53. The molecule has 12 heavy (non-hydrogen) atoms. The number of carbonyl (C=O) groups excluding carboxylic acids is 1. The number of nitrogens with zero attached hydrogens (tertiary/aromatic N) is 2. The molecule has 0 radical (unpaired) electrons. The van der Waals surface area contributed by atoms with E-state index in [4.69, 9.17) is 0 Å². The summed E-state index contributed by atoms with van der Waals surface area (Å²) in [6, 6.07) is -0.731. The molecular weight excluding hydrogens is 168 g/mol. The molecule has 0 aliphatic carbocycles. The van der Waals surface area contributed by atoms with Crippen LogP contribution in [0.4, 0.5) is 4.79 Å². The summed E-state index contributed by atoms with van der Waals surface area (Å²) in [6.07, 6.45) is 0. The maximum absolute atomic E-state index is 11.1. The molecule has 72 valence electrons. The summed E-state index contributed by atoms with van der Waals surface area (Å²) >= 11 is 0. The Kier molecular flexibility index (Phi) is 5.30. The van der Waals surface area contributed by atoms with Crippen molar-refractivity contribution < 1.29 is 24.1 Å². The second-order valence-corrected chi connectivity index (χ2v) is 1.53. The van der Waals surface area contributed by atoms with E-state index >= 15 is 0 Å². The molecule has 0 fully saturated rings. The van der Waals surface area contributed by atoms with E-state index in [0.717, 1.165) is 0 Å². The van der Waals surface area contributed by atoms with Gasteiger partial charge in [0.05, 0.1) is 28.4 Å². The quantitative estimate of drug-likeness (QED) is 0.568. The first-order chi connectivity index (χ1) is 5.71. The molecule has 0 aliphatic rings. The number of urea groups is 1. The standard InChI is InChI=1S/C5H12N2O5/c1-9-6(10-2)5(8)7(11-3)12-4/h1-4H3. The molecule has 0 saturated heterocycles. The Bertz CT molecular complexity index is 120. The molecule has 0 unspecified atom stereocenters. The van der Waals surface area contributed by atoms with E-state index in [-0.39, 0.29) is 0 Å². The summed E-state index contributed by atoms with van der Waals surface area (Å²) < 4.78 is 0. The Labute approximate surface area is 70.2 Å². The molecule has 0 rings (SSSR count). The van der Waals surface area contributed by atoms with Gasteiger partial charge in [0, 0.05) is 0 Å². The monoisotopic (exact) mass is 180 g/mol. The second kappa shape index (κ2) is 5.72. The number of hydrogen-bond donors (Lipinski definition) is 0. The third-order valence-corrected chi connectivity index (χ3v) is 0.976. The highest BCUT2D eigenvalue weighted by Gasteiger charge is 2.21. The number of rotatable bonds is 4. The Balaban J connectivity index is 4.12. The van der Waals surface area contributed by atoms with Crippen LogP contribution in [0, 0.1) is 0 Å². The van der Waals surface area contributed by atoms with Crippen molar-refractivity contribution in [3.05, 3.63) is 0 Å². The first kappa shape index (κ1) is 11.1. The molecule has 0 saturated carbocycles. The van der Waals surface area contributed by atoms with Crippen molar-refractivity contribution in [2.24, 2.45) is 0 Å². The number of amides is 2. The van der Waals surface area contributed by atoms with E-state index in [1.165, 1.54) is 28.4 Å². The lowest BCUT2D eigenvalue weighted by molar-refractivity contribution is -0.361. The van der Waals surface area contributed by atoms with E-state index in [2.05, 4.69) is 19.4 Å². The lowest BCUT2D eigenvalue weighted by Crippen LogP contribution is -2.40. The van der Waals surface area contributed by atoms with Crippen LogP contribution in [0.25, 0.3) is 0 Å². The molecule has 2 amide bonds. The Morgan fingerprint density at radius 3 is 1.25 bits per heavy atom. The summed E-state index contributed by atoms with van der Waals surface area (Å²) in [6.45, 7) is 0. The zero-order valence-electron chi connectivity index (χ0n) is 7.44. The zero-order valence-corrected chi connectivity index (χ0v) is 7.44. The van der Waals surface area contributed by atoms with Gasteiger partial charge in [-0.05, 0) is 0 Å². The number of hydrogen-bond acceptors (Lipinski definition) is 5. The highest BCUT2D eigenvalue weighted by atomic mass is 17.0. The molecule has 0 aromatic rings. The van der Waals surface area contributed by atoms with Crippen molar-refractivity contribution in [1.82, 2.24) is 10.5 Å². The fourth-order valence-corrected chi connectivity index (χ4v) is 0.528. The van der Waals surface area contributed by atoms with E-state index in [1.807, 2.05) is 0 Å². The highest BCUT2D eigenvalue weighted by molar-refractivity contribution is 5.69. The minimum absolute atomic E-state index is 0.590. The lowest BCUT2D eigenvalue weighted by atomic mass is 11.1. The highest BCUT2D eigenvalue weighted by Crippen LogP contribution is 1.99. The van der Waals surface area contributed by atoms with Gasteiger partial charge in [0.2, 0.25) is 0 Å². The first-order valence-corrected chi connectivity index (χ1v) is 3.01. The van der Waals surface area contributed by atoms with Crippen molar-refractivity contribution >= 4 is 6.03 Å². The summed E-state index contributed by atoms with van der Waals surface area (Å²) in [5, 5.41) is 1.18. The zero-order chi connectivity index (χ0) is 9.56. The Morgan fingerprint density at radius 1 is 0.833 bits per heavy atom. The molecular formula is C5H12N2O5. The lowest BCUT2D eigenvalue weighted by Gasteiger charge is -2.21. The maximum Gasteiger partial charge on any atom is 0.418 e. The van der Waals surface area contributed by atoms with Gasteiger partial charge in [-0.15, -0.1) is 0 Å². The van der Waals surface area contributed by atoms with Gasteiger partial charge in [0.25, 0.3) is 0 Å². The van der Waals surface area contributed by atoms with Gasteiger partial charge in [-0.3, -0.25) is 0 Å². The maximum atomic E-state index is 11.1. The third kappa shape index (κ3) is 2.62. The van der Waals surface area contributed by atoms with Crippen LogP contribution in [-0.2, 0) is 19.4 Å². The van der Waals surface area contributed by atoms with Crippen molar-refractivity contribution in [2.75, 3.05) is 28.4 Å². The van der Waals surface area contributed by atoms with Crippen LogP contribution < -0.4 is 0 Å². The average Bonchev–Trinajstić information content (AvgIpc) is 2.09. The predicted molar refractivity (Wildman–Crippen MR) is 37.1 cm³/mol. The molecule has 0 heterocycles. The molecule has 0 bridgehead atoms. The Hall–Kier alpha value is -0.890. The Morgan fingerprint density at radius 2 is 1.08 bits per heavy atom. The molecule has 0 spiro atoms. The fourth-order valence-electron chi connectivity index (χ4n) is 0.528. The van der Waals surface area contributed by atoms with Gasteiger partial charge in [0.15, 0.2) is 0 Å². The smallest absolute Gasteiger partial charge is 0.248 e. The molecule has 0 aromatic carbocycles. The van der Waals surface area contributed by atoms with Gasteiger partial charge in [-0.1, -0.05) is 10.5 Å². The van der Waals surface area contributed by atoms with Crippen LogP contribution in [-0.4, -0.2) is 44.9 Å². The van der Waals surface area contributed by atoms with Gasteiger partial charge >= 0.3 is 6.03 Å². The van der Waals surface area contributed by atoms with Gasteiger partial charge in [0.1, 0.15) is 0 Å². The normalized spacial score (nSPS) is 9.67. The molecule has 0 aliphatic heterocycles. The van der Waals surface area contributed by atoms with Crippen LogP contribution in [0.2, 0.25) is 0 Å². The van der Waals surface area contributed by atoms with E-state index in [1.54, 1.807) is 0 Å². The molecule has 0 aromatic heterocycles. The van der Waals surface area contributed by atoms with Crippen LogP contribution >= 0.6 is 0 Å². The molecule has 0 N–H and O–H groups in total. The summed E-state index contributed by atoms with van der Waals surface area (Å²) in [4.78, 5) is 29.1. The van der Waals surface area contributed by atoms with Crippen molar-refractivity contribution in [2.45, 2.75) is 0 Å². The first-order valence-electron chi connectivity index (χ1n) is 3.01. The van der Waals surface area contributed by atoms with Crippen molar-refractivity contribution in [3.8, 4) is 0 Å². The summed E-state index contributed by atoms with van der Waals surface area (Å²) in [7, 11) is 5.08. The number of hydroxylamine groups is 4. The summed E-state index contributed by atoms with van der Waals surface area (Å²) in [5.41, 5.74) is 0. The van der Waals surface area contributed by atoms with E-state index in [9.17, 15) is 4.79 Å². The van der Waals surface area contributed by atoms with Crippen LogP contribution in [0.5, 0.6) is 0 Å². The van der Waals surface area contributed by atoms with Crippen LogP contribution in [0.3, 0.4) is 0 Å². The minimum atomic E-state index is -0.731. The fraction of sp³-hybridized carbons (Fsp3) is 0.800. The SMILES string of the molecule is CON(OC)C(=O)N(OC)OC. The summed E-state index contributed by atoms with van der Waals surface area (Å²) in [5.74, 6) is 0. The molecule has 7 heteroatoms. The topological polar surface area (TPSA) is 60.5 Å². The van der Waals surface area contributed by atoms with Gasteiger partial charge < -0.3 is 0 Å². The molecule has 0 atom stereocenters. The predicted octanol–water partition coefficient (Wildman–Crippen LogP) is -0.0440.